The van der Waals surface area contributed by atoms with E-state index in [2.05, 4.69) is 10.6 Å². The van der Waals surface area contributed by atoms with Crippen LogP contribution in [0, 0.1) is 0 Å². The molecule has 62 heavy (non-hydrogen) atoms. The Hall–Kier alpha value is -1.98. The van der Waals surface area contributed by atoms with Crippen molar-refractivity contribution in [1.82, 2.24) is 10.6 Å². The topological polar surface area (TPSA) is 424 Å². The van der Waals surface area contributed by atoms with Gasteiger partial charge in [-0.1, -0.05) is 0 Å². The molecule has 5 rings (SSSR count). The summed E-state index contributed by atoms with van der Waals surface area (Å²) in [6, 6.07) is -2.68. The third kappa shape index (κ3) is 11.0. The normalized spacial score (nSPS) is 49.0. The minimum atomic E-state index is -2.16. The van der Waals surface area contributed by atoms with Crippen LogP contribution in [0.3, 0.4) is 0 Å². The molecule has 14 unspecified atom stereocenters. The summed E-state index contributed by atoms with van der Waals surface area (Å²) in [5.74, 6) is -1.29. The van der Waals surface area contributed by atoms with E-state index in [1.807, 2.05) is 0 Å². The fourth-order valence-electron chi connectivity index (χ4n) is 7.98. The standard InChI is InChI=1S/C35H60N2O25/c1-9-17(36-10(2)42)22(47)29(14(6-40)55-9)60-32-18(37-11(3)43)23(48)30(15(7-41)58-32)61-35-28(53)31(62-34-27(52)25(50)20(45)13(5-39)57-34)21(46)16(59-35)8-54-33-26(51)24(49)19(44)12(4-38)56-33/h9,12-35,38-41,44-53H,4-8H2,1-3H3,(H,36,42)(H,37,43)/t9-,12-,13?,14?,15?,16?,17?,18?,19+,20+,21+,22?,23?,24?,25?,26?,27?,28?,29+,30+,31?,32-,33-,34+,35-/m0/s1. The average Bonchev–Trinajstić information content (AvgIpc) is 3.23. The first-order chi connectivity index (χ1) is 29.3. The second kappa shape index (κ2) is 22.0. The van der Waals surface area contributed by atoms with Crippen molar-refractivity contribution < 1.29 is 124 Å². The lowest BCUT2D eigenvalue weighted by Crippen LogP contribution is -2.70. The van der Waals surface area contributed by atoms with Crippen LogP contribution in [0.2, 0.25) is 0 Å². The van der Waals surface area contributed by atoms with Gasteiger partial charge in [-0.05, 0) is 6.92 Å². The predicted octanol–water partition coefficient (Wildman–Crippen LogP) is -10.6. The predicted molar refractivity (Wildman–Crippen MR) is 193 cm³/mol. The average molecular weight is 909 g/mol. The molecule has 5 aliphatic rings. The molecule has 0 aromatic carbocycles. The summed E-state index contributed by atoms with van der Waals surface area (Å²) in [4.78, 5) is 24.4. The Bertz CT molecular complexity index is 1440. The Kier molecular flexibility index (Phi) is 18.1. The lowest BCUT2D eigenvalue weighted by molar-refractivity contribution is -0.383. The maximum Gasteiger partial charge on any atom is 0.217 e. The van der Waals surface area contributed by atoms with E-state index in [-0.39, 0.29) is 0 Å². The highest BCUT2D eigenvalue weighted by atomic mass is 16.8. The first-order valence-corrected chi connectivity index (χ1v) is 19.9. The highest BCUT2D eigenvalue weighted by molar-refractivity contribution is 5.73. The number of aliphatic hydroxyl groups is 14. The van der Waals surface area contributed by atoms with Gasteiger partial charge in [0, 0.05) is 13.8 Å². The molecule has 0 aliphatic carbocycles. The molecule has 0 radical (unpaired) electrons. The number of amides is 2. The number of hydrogen-bond acceptors (Lipinski definition) is 25. The van der Waals surface area contributed by atoms with E-state index in [0.29, 0.717) is 0 Å². The molecule has 0 aromatic rings. The molecule has 2 amide bonds. The Morgan fingerprint density at radius 2 is 0.839 bits per heavy atom. The van der Waals surface area contributed by atoms with Crippen molar-refractivity contribution in [3.8, 4) is 0 Å². The van der Waals surface area contributed by atoms with Crippen molar-refractivity contribution in [2.75, 3.05) is 33.0 Å². The highest BCUT2D eigenvalue weighted by Crippen LogP contribution is 2.35. The van der Waals surface area contributed by atoms with Crippen molar-refractivity contribution in [3.63, 3.8) is 0 Å². The first kappa shape index (κ1) is 51.0. The minimum Gasteiger partial charge on any atom is -0.394 e. The third-order valence-corrected chi connectivity index (χ3v) is 11.4. The van der Waals surface area contributed by atoms with Gasteiger partial charge in [0.15, 0.2) is 25.2 Å². The fourth-order valence-corrected chi connectivity index (χ4v) is 7.98. The fraction of sp³-hybridized carbons (Fsp3) is 0.943. The molecule has 5 saturated heterocycles. The van der Waals surface area contributed by atoms with Crippen LogP contribution < -0.4 is 10.6 Å². The Labute approximate surface area is 353 Å². The van der Waals surface area contributed by atoms with Gasteiger partial charge in [-0.3, -0.25) is 9.59 Å². The number of rotatable bonds is 15. The molecule has 0 spiro atoms. The van der Waals surface area contributed by atoms with Crippen molar-refractivity contribution in [3.05, 3.63) is 0 Å². The summed E-state index contributed by atoms with van der Waals surface area (Å²) in [5.41, 5.74) is 0. The second-order valence-electron chi connectivity index (χ2n) is 15.8. The third-order valence-electron chi connectivity index (χ3n) is 11.4. The maximum absolute atomic E-state index is 12.5. The smallest absolute Gasteiger partial charge is 0.217 e. The van der Waals surface area contributed by atoms with Gasteiger partial charge in [-0.25, -0.2) is 0 Å². The summed E-state index contributed by atoms with van der Waals surface area (Å²) in [5, 5.41) is 153. The zero-order valence-corrected chi connectivity index (χ0v) is 33.7. The van der Waals surface area contributed by atoms with Crippen LogP contribution in [-0.4, -0.2) is 270 Å². The molecule has 5 aliphatic heterocycles. The van der Waals surface area contributed by atoms with Gasteiger partial charge in [0.25, 0.3) is 0 Å². The molecule has 0 bridgehead atoms. The zero-order valence-electron chi connectivity index (χ0n) is 33.7. The number of aliphatic hydroxyl groups excluding tert-OH is 14. The van der Waals surface area contributed by atoms with Crippen molar-refractivity contribution in [1.29, 1.82) is 0 Å². The monoisotopic (exact) mass is 908 g/mol. The van der Waals surface area contributed by atoms with E-state index in [4.69, 9.17) is 42.6 Å². The van der Waals surface area contributed by atoms with Crippen LogP contribution >= 0.6 is 0 Å². The Morgan fingerprint density at radius 1 is 0.435 bits per heavy atom. The van der Waals surface area contributed by atoms with Gasteiger partial charge in [0.1, 0.15) is 116 Å². The van der Waals surface area contributed by atoms with Crippen LogP contribution in [0.15, 0.2) is 0 Å². The Balaban J connectivity index is 1.41. The number of nitrogens with one attached hydrogen (secondary N) is 2. The number of ether oxygens (including phenoxy) is 9. The van der Waals surface area contributed by atoms with Crippen LogP contribution in [-0.2, 0) is 52.2 Å². The molecule has 5 heterocycles. The molecule has 27 heteroatoms. The van der Waals surface area contributed by atoms with Gasteiger partial charge in [0.2, 0.25) is 11.8 Å². The molecule has 27 nitrogen and oxygen atoms in total. The summed E-state index contributed by atoms with van der Waals surface area (Å²) >= 11 is 0. The summed E-state index contributed by atoms with van der Waals surface area (Å²) in [6.07, 6.45) is -40.1. The molecule has 5 fully saturated rings. The lowest BCUT2D eigenvalue weighted by atomic mass is 9.92. The van der Waals surface area contributed by atoms with Crippen LogP contribution in [0.1, 0.15) is 20.8 Å². The lowest BCUT2D eigenvalue weighted by Gasteiger charge is -2.50. The second-order valence-corrected chi connectivity index (χ2v) is 15.8. The molecule has 0 aromatic heterocycles. The SMILES string of the molecule is CC(=O)NC1C(O)[C@H](O[C@@H]2OC(CO[C@H]3O[C@@H](CO)[C@@H](O)C(O)C3O)[C@@H](O)C(O[C@H]3OC(CO)[C@@H](O)C(O)C3O)C2O)C(CO)O[C@H]1O[C@@H]1C(CO)O[C@@H](C)C(NC(C)=O)C1O. The molecule has 16 N–H and O–H groups in total. The van der Waals surface area contributed by atoms with Crippen LogP contribution in [0.5, 0.6) is 0 Å². The molecular formula is C35H60N2O25. The Morgan fingerprint density at radius 3 is 1.37 bits per heavy atom. The van der Waals surface area contributed by atoms with Crippen molar-refractivity contribution >= 4 is 11.8 Å². The van der Waals surface area contributed by atoms with Gasteiger partial charge in [-0.2, -0.15) is 0 Å². The van der Waals surface area contributed by atoms with Crippen LogP contribution in [0.25, 0.3) is 0 Å². The molecule has 0 saturated carbocycles. The summed E-state index contributed by atoms with van der Waals surface area (Å²) in [6.45, 7) is -0.399. The van der Waals surface area contributed by atoms with E-state index in [1.54, 1.807) is 0 Å². The van der Waals surface area contributed by atoms with E-state index in [9.17, 15) is 81.1 Å². The van der Waals surface area contributed by atoms with Crippen molar-refractivity contribution in [2.24, 2.45) is 0 Å². The number of carbonyl (C=O) groups is 2. The van der Waals surface area contributed by atoms with Gasteiger partial charge in [-0.15, -0.1) is 0 Å². The van der Waals surface area contributed by atoms with E-state index in [1.165, 1.54) is 13.8 Å². The van der Waals surface area contributed by atoms with Gasteiger partial charge < -0.3 is 125 Å². The minimum absolute atomic E-state index is 0.533. The maximum atomic E-state index is 12.5. The number of carbonyl (C=O) groups excluding carboxylic acids is 2. The van der Waals surface area contributed by atoms with E-state index < -0.39 is 198 Å². The van der Waals surface area contributed by atoms with Gasteiger partial charge in [0.05, 0.1) is 45.2 Å². The summed E-state index contributed by atoms with van der Waals surface area (Å²) in [7, 11) is 0. The molecule has 25 atom stereocenters. The zero-order chi connectivity index (χ0) is 45.9. The van der Waals surface area contributed by atoms with E-state index in [0.717, 1.165) is 6.92 Å². The quantitative estimate of drug-likeness (QED) is 0.0725. The first-order valence-electron chi connectivity index (χ1n) is 19.9. The van der Waals surface area contributed by atoms with Crippen molar-refractivity contribution in [2.45, 2.75) is 174 Å². The number of hydrogen-bond donors (Lipinski definition) is 16. The van der Waals surface area contributed by atoms with Gasteiger partial charge >= 0.3 is 0 Å². The van der Waals surface area contributed by atoms with E-state index >= 15 is 0 Å². The largest absolute Gasteiger partial charge is 0.394 e. The molecule has 360 valence electrons. The summed E-state index contributed by atoms with van der Waals surface area (Å²) < 4.78 is 51.6. The molecular weight excluding hydrogens is 848 g/mol. The van der Waals surface area contributed by atoms with Crippen LogP contribution in [0.4, 0.5) is 0 Å². The highest BCUT2D eigenvalue weighted by Gasteiger charge is 2.56.